The smallest absolute Gasteiger partial charge is 0.238 e. The molecule has 0 aromatic heterocycles. The maximum Gasteiger partial charge on any atom is 0.238 e. The Kier molecular flexibility index (Phi) is 9.42. The van der Waals surface area contributed by atoms with Crippen LogP contribution in [0.4, 0.5) is 22.7 Å². The molecule has 0 radical (unpaired) electrons. The molecular formula is C49H42N4O6. The van der Waals surface area contributed by atoms with Crippen molar-refractivity contribution in [1.29, 1.82) is 0 Å². The minimum atomic E-state index is -1.50. The fourth-order valence-electron chi connectivity index (χ4n) is 10.0. The maximum absolute atomic E-state index is 15.3. The van der Waals surface area contributed by atoms with E-state index in [0.717, 1.165) is 11.3 Å². The molecule has 1 N–H and O–H groups in total. The van der Waals surface area contributed by atoms with E-state index in [9.17, 15) is 14.7 Å². The lowest BCUT2D eigenvalue weighted by Gasteiger charge is -2.55. The number of benzene rings is 5. The number of amides is 2. The van der Waals surface area contributed by atoms with Gasteiger partial charge in [0, 0.05) is 42.8 Å². The van der Waals surface area contributed by atoms with Gasteiger partial charge in [-0.25, -0.2) is 0 Å². The average Bonchev–Trinajstić information content (AvgIpc) is 3.52. The first-order valence-electron chi connectivity index (χ1n) is 19.8. The first-order valence-corrected chi connectivity index (χ1v) is 19.8. The highest BCUT2D eigenvalue weighted by molar-refractivity contribution is 6.32. The van der Waals surface area contributed by atoms with Crippen molar-refractivity contribution in [2.75, 3.05) is 31.0 Å². The average molecular weight is 783 g/mol. The molecule has 1 heterocycles. The lowest BCUT2D eigenvalue weighted by Crippen LogP contribution is -2.58. The number of hydrogen-bond acceptors (Lipinski definition) is 9. The second-order valence-corrected chi connectivity index (χ2v) is 15.8. The number of allylic oxidation sites excluding steroid dienone is 4. The van der Waals surface area contributed by atoms with Crippen LogP contribution in [0.3, 0.4) is 0 Å². The van der Waals surface area contributed by atoms with Crippen molar-refractivity contribution in [2.45, 2.75) is 24.2 Å². The summed E-state index contributed by atoms with van der Waals surface area (Å²) < 4.78 is 5.89. The number of Topliss-reactive ketones (excluding diaryl/α,β-unsaturated/α-hetero) is 1. The summed E-state index contributed by atoms with van der Waals surface area (Å²) in [6.45, 7) is 0. The molecule has 294 valence electrons. The molecule has 2 amide bonds. The van der Waals surface area contributed by atoms with E-state index in [0.29, 0.717) is 45.1 Å². The van der Waals surface area contributed by atoms with E-state index in [1.807, 2.05) is 110 Å². The molecular weight excluding hydrogens is 741 g/mol. The Morgan fingerprint density at radius 2 is 1.39 bits per heavy atom. The second-order valence-electron chi connectivity index (χ2n) is 15.8. The molecule has 10 nitrogen and oxygen atoms in total. The summed E-state index contributed by atoms with van der Waals surface area (Å²) in [7, 11) is 5.44. The topological polar surface area (TPSA) is 129 Å². The Bertz CT molecular complexity index is 2580. The van der Waals surface area contributed by atoms with Crippen LogP contribution in [0, 0.1) is 23.7 Å². The van der Waals surface area contributed by atoms with Crippen molar-refractivity contribution in [3.05, 3.63) is 162 Å². The van der Waals surface area contributed by atoms with Crippen LogP contribution in [0.25, 0.3) is 5.57 Å². The summed E-state index contributed by atoms with van der Waals surface area (Å²) in [5.74, 6) is -4.89. The summed E-state index contributed by atoms with van der Waals surface area (Å²) >= 11 is 0. The van der Waals surface area contributed by atoms with E-state index < -0.39 is 35.0 Å². The Morgan fingerprint density at radius 3 is 2.03 bits per heavy atom. The molecule has 9 rings (SSSR count). The number of hydrogen-bond donors (Lipinski definition) is 1. The van der Waals surface area contributed by atoms with Crippen LogP contribution in [-0.2, 0) is 24.6 Å². The number of ether oxygens (including phenoxy) is 1. The molecule has 5 aromatic rings. The van der Waals surface area contributed by atoms with Gasteiger partial charge in [-0.3, -0.25) is 24.1 Å². The van der Waals surface area contributed by atoms with Gasteiger partial charge in [-0.05, 0) is 96.6 Å². The SMILES string of the molecule is COc1cccc(O)c1[C@H]1C2=CC[C@@H]3C(=O)N(c4ccc(N=Nc5ccc(N(C)C)cc5)cc4)C(=O)[C@@H]3[C@@H]2C[C@H]2C(=O)C(c3ccccc3)=CC(=O)[C@@]12c1ccccc1. The second kappa shape index (κ2) is 14.8. The van der Waals surface area contributed by atoms with Gasteiger partial charge < -0.3 is 14.7 Å². The number of fused-ring (bicyclic) bond motifs is 4. The predicted octanol–water partition coefficient (Wildman–Crippen LogP) is 8.91. The van der Waals surface area contributed by atoms with Crippen LogP contribution < -0.4 is 14.5 Å². The van der Waals surface area contributed by atoms with E-state index in [1.54, 1.807) is 42.5 Å². The van der Waals surface area contributed by atoms with Gasteiger partial charge in [0.05, 0.1) is 41.4 Å². The standard InChI is InChI=1S/C49H42N4O6/c1-52(2)33-21-17-31(18-22-33)50-51-32-19-23-34(24-20-32)53-47(57)36-26-25-35-38(43(36)48(53)58)27-39-46(56)37(29-11-6-4-7-12-29)28-42(55)49(39,30-13-8-5-9-14-30)45(35)44-40(54)15-10-16-41(44)59-3/h4-25,28,36,38-39,43,45,54H,26-27H2,1-3H3/t36-,38+,39-,43-,45+,49-/m0/s1. The van der Waals surface area contributed by atoms with Crippen LogP contribution in [-0.4, -0.2) is 49.7 Å². The number of azo groups is 1. The third-order valence-electron chi connectivity index (χ3n) is 12.7. The molecule has 10 heteroatoms. The van der Waals surface area contributed by atoms with Gasteiger partial charge in [-0.2, -0.15) is 10.2 Å². The molecule has 0 unspecified atom stereocenters. The fraction of sp³-hybridized carbons (Fsp3) is 0.224. The number of phenolic OH excluding ortho intramolecular Hbond substituents is 1. The van der Waals surface area contributed by atoms with Crippen LogP contribution >= 0.6 is 0 Å². The van der Waals surface area contributed by atoms with Crippen LogP contribution in [0.2, 0.25) is 0 Å². The van der Waals surface area contributed by atoms with E-state index >= 15 is 9.59 Å². The molecule has 2 fully saturated rings. The molecule has 1 saturated heterocycles. The Hall–Kier alpha value is -6.94. The van der Waals surface area contributed by atoms with Gasteiger partial charge in [0.2, 0.25) is 11.8 Å². The van der Waals surface area contributed by atoms with Gasteiger partial charge in [-0.1, -0.05) is 78.4 Å². The van der Waals surface area contributed by atoms with Crippen molar-refractivity contribution in [2.24, 2.45) is 33.9 Å². The first-order chi connectivity index (χ1) is 28.6. The van der Waals surface area contributed by atoms with Gasteiger partial charge in [-0.15, -0.1) is 0 Å². The number of carbonyl (C=O) groups is 4. The van der Waals surface area contributed by atoms with Crippen molar-refractivity contribution < 1.29 is 29.0 Å². The van der Waals surface area contributed by atoms with Crippen molar-refractivity contribution in [3.8, 4) is 11.5 Å². The summed E-state index contributed by atoms with van der Waals surface area (Å²) in [4.78, 5) is 63.0. The molecule has 5 aromatic carbocycles. The third-order valence-corrected chi connectivity index (χ3v) is 12.7. The number of imide groups is 1. The highest BCUT2D eigenvalue weighted by atomic mass is 16.5. The number of carbonyl (C=O) groups excluding carboxylic acids is 4. The lowest BCUT2D eigenvalue weighted by molar-refractivity contribution is -0.135. The molecule has 4 aliphatic rings. The number of rotatable bonds is 8. The van der Waals surface area contributed by atoms with Crippen molar-refractivity contribution >= 4 is 51.7 Å². The predicted molar refractivity (Wildman–Crippen MR) is 225 cm³/mol. The Balaban J connectivity index is 1.14. The zero-order valence-corrected chi connectivity index (χ0v) is 32.9. The Morgan fingerprint density at radius 1 is 0.746 bits per heavy atom. The number of phenols is 1. The number of nitrogens with zero attached hydrogens (tertiary/aromatic N) is 4. The molecule has 0 bridgehead atoms. The van der Waals surface area contributed by atoms with Crippen LogP contribution in [0.5, 0.6) is 11.5 Å². The normalized spacial score (nSPS) is 24.9. The fourth-order valence-corrected chi connectivity index (χ4v) is 10.0. The Labute approximate surface area is 342 Å². The minimum Gasteiger partial charge on any atom is -0.508 e. The van der Waals surface area contributed by atoms with E-state index in [-0.39, 0.29) is 42.0 Å². The number of ketones is 2. The molecule has 1 aliphatic heterocycles. The van der Waals surface area contributed by atoms with Crippen molar-refractivity contribution in [3.63, 3.8) is 0 Å². The first kappa shape index (κ1) is 37.6. The summed E-state index contributed by atoms with van der Waals surface area (Å²) in [5, 5.41) is 20.5. The van der Waals surface area contributed by atoms with Gasteiger partial charge in [0.1, 0.15) is 11.5 Å². The molecule has 6 atom stereocenters. The number of anilines is 2. The van der Waals surface area contributed by atoms with Gasteiger partial charge in [0.25, 0.3) is 0 Å². The summed E-state index contributed by atoms with van der Waals surface area (Å²) in [6.07, 6.45) is 3.82. The summed E-state index contributed by atoms with van der Waals surface area (Å²) in [6, 6.07) is 37.9. The van der Waals surface area contributed by atoms with E-state index in [1.165, 1.54) is 18.1 Å². The largest absolute Gasteiger partial charge is 0.508 e. The summed E-state index contributed by atoms with van der Waals surface area (Å²) in [5.41, 5.74) is 3.84. The highest BCUT2D eigenvalue weighted by Crippen LogP contribution is 2.65. The lowest BCUT2D eigenvalue weighted by atomic mass is 9.44. The highest BCUT2D eigenvalue weighted by Gasteiger charge is 2.66. The molecule has 1 saturated carbocycles. The van der Waals surface area contributed by atoms with E-state index in [4.69, 9.17) is 4.74 Å². The quantitative estimate of drug-likeness (QED) is 0.0946. The van der Waals surface area contributed by atoms with Gasteiger partial charge in [0.15, 0.2) is 11.6 Å². The molecule has 3 aliphatic carbocycles. The number of methoxy groups -OCH3 is 1. The van der Waals surface area contributed by atoms with Crippen LogP contribution in [0.15, 0.2) is 155 Å². The zero-order valence-electron chi connectivity index (χ0n) is 32.9. The minimum absolute atomic E-state index is 0.0940. The van der Waals surface area contributed by atoms with Gasteiger partial charge >= 0.3 is 0 Å². The van der Waals surface area contributed by atoms with Crippen LogP contribution in [0.1, 0.15) is 35.4 Å². The van der Waals surface area contributed by atoms with E-state index in [2.05, 4.69) is 10.2 Å². The maximum atomic E-state index is 15.3. The third kappa shape index (κ3) is 6.00. The molecule has 59 heavy (non-hydrogen) atoms. The number of aromatic hydroxyl groups is 1. The molecule has 0 spiro atoms. The monoisotopic (exact) mass is 782 g/mol. The zero-order chi connectivity index (χ0) is 41.0. The van der Waals surface area contributed by atoms with Crippen molar-refractivity contribution in [1.82, 2.24) is 0 Å².